The number of aromatic nitrogens is 2. The number of non-ortho nitro benzene ring substituents is 1. The minimum Gasteiger partial charge on any atom is -0.281 e. The number of aryl methyl sites for hydroxylation is 1. The molecule has 118 valence electrons. The zero-order valence-corrected chi connectivity index (χ0v) is 13.8. The van der Waals surface area contributed by atoms with Gasteiger partial charge in [-0.3, -0.25) is 19.6 Å². The summed E-state index contributed by atoms with van der Waals surface area (Å²) < 4.78 is 3.49. The van der Waals surface area contributed by atoms with Gasteiger partial charge in [0.1, 0.15) is 0 Å². The zero-order chi connectivity index (χ0) is 16.4. The van der Waals surface area contributed by atoms with E-state index >= 15 is 0 Å². The Balaban J connectivity index is 2.19. The highest BCUT2D eigenvalue weighted by Crippen LogP contribution is 2.20. The highest BCUT2D eigenvalue weighted by molar-refractivity contribution is 9.09. The van der Waals surface area contributed by atoms with Crippen LogP contribution in [0.15, 0.2) is 53.3 Å². The number of hydrogen-bond acceptors (Lipinski definition) is 3. The molecule has 6 nitrogen and oxygen atoms in total. The first-order chi connectivity index (χ1) is 11.1. The molecule has 0 radical (unpaired) electrons. The third-order valence-electron chi connectivity index (χ3n) is 3.70. The van der Waals surface area contributed by atoms with E-state index in [2.05, 4.69) is 15.9 Å². The minimum absolute atomic E-state index is 0.0718. The van der Waals surface area contributed by atoms with Crippen molar-refractivity contribution in [3.05, 3.63) is 74.6 Å². The second-order valence-corrected chi connectivity index (χ2v) is 5.91. The van der Waals surface area contributed by atoms with Crippen molar-refractivity contribution in [1.82, 2.24) is 9.36 Å². The first-order valence-corrected chi connectivity index (χ1v) is 8.21. The van der Waals surface area contributed by atoms with E-state index in [1.54, 1.807) is 10.7 Å². The highest BCUT2D eigenvalue weighted by Gasteiger charge is 2.16. The molecule has 0 aliphatic heterocycles. The van der Waals surface area contributed by atoms with Gasteiger partial charge in [-0.1, -0.05) is 46.3 Å². The van der Waals surface area contributed by atoms with Crippen LogP contribution in [0, 0.1) is 10.1 Å². The molecule has 7 heteroatoms. The van der Waals surface area contributed by atoms with E-state index in [-0.39, 0.29) is 11.2 Å². The molecule has 0 aliphatic rings. The summed E-state index contributed by atoms with van der Waals surface area (Å²) in [5, 5.41) is 12.0. The molecule has 0 fully saturated rings. The molecular formula is C16H14BrN3O3. The SMILES string of the molecule is O=c1c2cc([N+](=O)[O-])ccc2n(CCBr)n1Cc1ccccc1. The fourth-order valence-corrected chi connectivity index (χ4v) is 2.98. The predicted molar refractivity (Wildman–Crippen MR) is 92.2 cm³/mol. The van der Waals surface area contributed by atoms with Crippen LogP contribution in [-0.2, 0) is 13.1 Å². The lowest BCUT2D eigenvalue weighted by Crippen LogP contribution is -2.24. The van der Waals surface area contributed by atoms with Crippen LogP contribution >= 0.6 is 15.9 Å². The Morgan fingerprint density at radius 3 is 2.48 bits per heavy atom. The first kappa shape index (κ1) is 15.5. The maximum atomic E-state index is 12.7. The van der Waals surface area contributed by atoms with Gasteiger partial charge in [0, 0.05) is 24.0 Å². The Hall–Kier alpha value is -2.41. The lowest BCUT2D eigenvalue weighted by atomic mass is 10.2. The average molecular weight is 376 g/mol. The van der Waals surface area contributed by atoms with Crippen LogP contribution in [0.5, 0.6) is 0 Å². The van der Waals surface area contributed by atoms with Crippen LogP contribution in [0.1, 0.15) is 5.56 Å². The monoisotopic (exact) mass is 375 g/mol. The number of alkyl halides is 1. The number of nitro benzene ring substituents is 1. The fraction of sp³-hybridized carbons (Fsp3) is 0.188. The van der Waals surface area contributed by atoms with Crippen LogP contribution in [0.25, 0.3) is 10.9 Å². The van der Waals surface area contributed by atoms with Crippen LogP contribution in [-0.4, -0.2) is 19.6 Å². The van der Waals surface area contributed by atoms with Gasteiger partial charge in [0.25, 0.3) is 11.2 Å². The van der Waals surface area contributed by atoms with Crippen LogP contribution in [0.4, 0.5) is 5.69 Å². The summed E-state index contributed by atoms with van der Waals surface area (Å²) in [5.41, 5.74) is 1.42. The van der Waals surface area contributed by atoms with Gasteiger partial charge in [0.15, 0.2) is 0 Å². The second kappa shape index (κ2) is 6.37. The molecule has 0 saturated heterocycles. The molecule has 1 heterocycles. The lowest BCUT2D eigenvalue weighted by molar-refractivity contribution is -0.384. The normalized spacial score (nSPS) is 11.0. The summed E-state index contributed by atoms with van der Waals surface area (Å²) in [4.78, 5) is 23.2. The van der Waals surface area contributed by atoms with Crippen molar-refractivity contribution in [2.45, 2.75) is 13.1 Å². The van der Waals surface area contributed by atoms with Crippen molar-refractivity contribution in [3.63, 3.8) is 0 Å². The summed E-state index contributed by atoms with van der Waals surface area (Å²) in [5.74, 6) is 0. The van der Waals surface area contributed by atoms with Crippen molar-refractivity contribution in [2.24, 2.45) is 0 Å². The van der Waals surface area contributed by atoms with E-state index in [0.29, 0.717) is 29.3 Å². The molecule has 0 unspecified atom stereocenters. The number of benzene rings is 2. The van der Waals surface area contributed by atoms with E-state index in [4.69, 9.17) is 0 Å². The van der Waals surface area contributed by atoms with Crippen molar-refractivity contribution in [1.29, 1.82) is 0 Å². The quantitative estimate of drug-likeness (QED) is 0.390. The Kier molecular flexibility index (Phi) is 4.29. The van der Waals surface area contributed by atoms with E-state index in [1.165, 1.54) is 12.1 Å². The topological polar surface area (TPSA) is 70.1 Å². The summed E-state index contributed by atoms with van der Waals surface area (Å²) in [6, 6.07) is 14.1. The number of nitrogens with zero attached hydrogens (tertiary/aromatic N) is 3. The predicted octanol–water partition coefficient (Wildman–Crippen LogP) is 3.15. The van der Waals surface area contributed by atoms with Gasteiger partial charge in [0.2, 0.25) is 0 Å². The van der Waals surface area contributed by atoms with E-state index in [1.807, 2.05) is 35.0 Å². The molecule has 0 aliphatic carbocycles. The van der Waals surface area contributed by atoms with Crippen LogP contribution in [0.2, 0.25) is 0 Å². The molecule has 1 aromatic heterocycles. The number of halogens is 1. The fourth-order valence-electron chi connectivity index (χ4n) is 2.65. The van der Waals surface area contributed by atoms with Crippen molar-refractivity contribution >= 4 is 32.5 Å². The molecule has 0 N–H and O–H groups in total. The first-order valence-electron chi connectivity index (χ1n) is 7.09. The number of fused-ring (bicyclic) bond motifs is 1. The molecule has 0 atom stereocenters. The Morgan fingerprint density at radius 1 is 1.09 bits per heavy atom. The maximum absolute atomic E-state index is 12.7. The average Bonchev–Trinajstić information content (AvgIpc) is 2.81. The molecular weight excluding hydrogens is 362 g/mol. The summed E-state index contributed by atoms with van der Waals surface area (Å²) in [6.07, 6.45) is 0. The van der Waals surface area contributed by atoms with Gasteiger partial charge >= 0.3 is 0 Å². The standard InChI is InChI=1S/C16H14BrN3O3/c17-8-9-18-15-7-6-13(20(22)23)10-14(15)16(21)19(18)11-12-4-2-1-3-5-12/h1-7,10H,8-9,11H2. The molecule has 23 heavy (non-hydrogen) atoms. The van der Waals surface area contributed by atoms with E-state index in [9.17, 15) is 14.9 Å². The van der Waals surface area contributed by atoms with Gasteiger partial charge < -0.3 is 0 Å². The zero-order valence-electron chi connectivity index (χ0n) is 12.2. The molecule has 0 bridgehead atoms. The minimum atomic E-state index is -0.484. The third kappa shape index (κ3) is 2.92. The summed E-state index contributed by atoms with van der Waals surface area (Å²) in [7, 11) is 0. The van der Waals surface area contributed by atoms with Gasteiger partial charge in [-0.2, -0.15) is 0 Å². The van der Waals surface area contributed by atoms with Gasteiger partial charge in [-0.15, -0.1) is 0 Å². The molecule has 0 spiro atoms. The van der Waals surface area contributed by atoms with Gasteiger partial charge in [-0.25, -0.2) is 4.68 Å². The number of rotatable bonds is 5. The Bertz CT molecular complexity index is 915. The van der Waals surface area contributed by atoms with Crippen LogP contribution in [0.3, 0.4) is 0 Å². The van der Waals surface area contributed by atoms with Crippen molar-refractivity contribution in [2.75, 3.05) is 5.33 Å². The Labute approximate surface area is 140 Å². The number of hydrogen-bond donors (Lipinski definition) is 0. The van der Waals surface area contributed by atoms with E-state index in [0.717, 1.165) is 5.56 Å². The molecule has 2 aromatic carbocycles. The largest absolute Gasteiger partial charge is 0.281 e. The molecule has 3 aromatic rings. The van der Waals surface area contributed by atoms with Crippen LogP contribution < -0.4 is 5.56 Å². The molecule has 0 amide bonds. The van der Waals surface area contributed by atoms with Gasteiger partial charge in [0.05, 0.1) is 22.4 Å². The summed E-state index contributed by atoms with van der Waals surface area (Å²) >= 11 is 3.39. The molecule has 3 rings (SSSR count). The Morgan fingerprint density at radius 2 is 1.83 bits per heavy atom. The third-order valence-corrected chi connectivity index (χ3v) is 4.05. The summed E-state index contributed by atoms with van der Waals surface area (Å²) in [6.45, 7) is 1.03. The second-order valence-electron chi connectivity index (χ2n) is 5.12. The van der Waals surface area contributed by atoms with Crippen molar-refractivity contribution < 1.29 is 4.92 Å². The highest BCUT2D eigenvalue weighted by atomic mass is 79.9. The molecule has 0 saturated carbocycles. The lowest BCUT2D eigenvalue weighted by Gasteiger charge is -2.11. The van der Waals surface area contributed by atoms with Crippen molar-refractivity contribution in [3.8, 4) is 0 Å². The van der Waals surface area contributed by atoms with Gasteiger partial charge in [-0.05, 0) is 11.6 Å². The smallest absolute Gasteiger partial charge is 0.275 e. The number of nitro groups is 1. The van der Waals surface area contributed by atoms with E-state index < -0.39 is 4.92 Å². The maximum Gasteiger partial charge on any atom is 0.275 e.